The molecule has 2 heterocycles. The van der Waals surface area contributed by atoms with Crippen molar-refractivity contribution < 1.29 is 9.18 Å². The van der Waals surface area contributed by atoms with E-state index in [0.717, 1.165) is 52.7 Å². The van der Waals surface area contributed by atoms with Gasteiger partial charge in [0.05, 0.1) is 16.1 Å². The molecule has 0 atom stereocenters. The predicted octanol–water partition coefficient (Wildman–Crippen LogP) is 5.96. The van der Waals surface area contributed by atoms with Gasteiger partial charge in [0.15, 0.2) is 0 Å². The number of anilines is 1. The van der Waals surface area contributed by atoms with Gasteiger partial charge in [-0.2, -0.15) is 0 Å². The van der Waals surface area contributed by atoms with Gasteiger partial charge in [-0.15, -0.1) is 11.3 Å². The summed E-state index contributed by atoms with van der Waals surface area (Å²) in [5.41, 5.74) is 1.71. The molecular formula is C24H28FN3OS. The smallest absolute Gasteiger partial charge is 0.261 e. The molecule has 158 valence electrons. The summed E-state index contributed by atoms with van der Waals surface area (Å²) in [5.74, 6) is 0.0360. The van der Waals surface area contributed by atoms with Crippen molar-refractivity contribution in [2.75, 3.05) is 5.32 Å². The van der Waals surface area contributed by atoms with Crippen LogP contribution in [0.5, 0.6) is 0 Å². The molecule has 1 aliphatic rings. The van der Waals surface area contributed by atoms with Crippen LogP contribution in [-0.2, 0) is 5.67 Å². The number of thiophene rings is 1. The van der Waals surface area contributed by atoms with Crippen LogP contribution in [-0.4, -0.2) is 23.0 Å². The zero-order valence-electron chi connectivity index (χ0n) is 17.7. The van der Waals surface area contributed by atoms with E-state index in [-0.39, 0.29) is 11.9 Å². The number of aromatic nitrogens is 1. The highest BCUT2D eigenvalue weighted by atomic mass is 32.1. The third-order valence-electron chi connectivity index (χ3n) is 5.82. The van der Waals surface area contributed by atoms with Gasteiger partial charge in [0.25, 0.3) is 5.91 Å². The molecule has 3 aromatic rings. The molecule has 2 aromatic heterocycles. The number of para-hydroxylation sites is 1. The van der Waals surface area contributed by atoms with Crippen molar-refractivity contribution >= 4 is 33.8 Å². The van der Waals surface area contributed by atoms with E-state index < -0.39 is 5.67 Å². The summed E-state index contributed by atoms with van der Waals surface area (Å²) in [7, 11) is 0. The number of aryl methyl sites for hydroxylation is 1. The first kappa shape index (κ1) is 20.8. The Kier molecular flexibility index (Phi) is 5.78. The Balaban J connectivity index is 1.43. The van der Waals surface area contributed by atoms with Gasteiger partial charge < -0.3 is 10.6 Å². The number of hydrogen-bond acceptors (Lipinski definition) is 4. The molecule has 0 radical (unpaired) electrons. The molecule has 1 fully saturated rings. The van der Waals surface area contributed by atoms with Crippen LogP contribution in [0.2, 0.25) is 0 Å². The molecule has 0 saturated heterocycles. The fourth-order valence-corrected chi connectivity index (χ4v) is 4.89. The molecule has 4 nitrogen and oxygen atoms in total. The average Bonchev–Trinajstić information content (AvgIpc) is 3.15. The van der Waals surface area contributed by atoms with Crippen LogP contribution in [0.1, 0.15) is 60.5 Å². The van der Waals surface area contributed by atoms with Crippen molar-refractivity contribution in [2.24, 2.45) is 0 Å². The predicted molar refractivity (Wildman–Crippen MR) is 122 cm³/mol. The zero-order chi connectivity index (χ0) is 21.3. The SMILES string of the molecule is Cc1ccsc1C(=O)NC1CCC(Nc2cc(C(C)(C)F)nc3ccccc23)CC1. The maximum absolute atomic E-state index is 14.6. The number of nitrogens with one attached hydrogen (secondary N) is 2. The van der Waals surface area contributed by atoms with E-state index in [1.165, 1.54) is 25.2 Å². The Morgan fingerprint density at radius 1 is 1.13 bits per heavy atom. The molecule has 4 rings (SSSR count). The minimum atomic E-state index is -1.50. The van der Waals surface area contributed by atoms with Crippen molar-refractivity contribution in [3.05, 3.63) is 57.9 Å². The quantitative estimate of drug-likeness (QED) is 0.530. The average molecular weight is 426 g/mol. The van der Waals surface area contributed by atoms with Gasteiger partial charge in [0, 0.05) is 23.2 Å². The Labute approximate surface area is 180 Å². The minimum absolute atomic E-state index is 0.0360. The van der Waals surface area contributed by atoms with Gasteiger partial charge in [-0.3, -0.25) is 4.79 Å². The van der Waals surface area contributed by atoms with Crippen molar-refractivity contribution in [3.8, 4) is 0 Å². The number of amides is 1. The highest BCUT2D eigenvalue weighted by molar-refractivity contribution is 7.12. The summed E-state index contributed by atoms with van der Waals surface area (Å²) in [6, 6.07) is 12.2. The third kappa shape index (κ3) is 4.48. The van der Waals surface area contributed by atoms with Gasteiger partial charge in [0.2, 0.25) is 0 Å². The number of fused-ring (bicyclic) bond motifs is 1. The Morgan fingerprint density at radius 2 is 1.83 bits per heavy atom. The molecular weight excluding hydrogens is 397 g/mol. The molecule has 1 amide bonds. The van der Waals surface area contributed by atoms with Gasteiger partial charge in [-0.1, -0.05) is 18.2 Å². The summed E-state index contributed by atoms with van der Waals surface area (Å²) in [6.07, 6.45) is 3.77. The second kappa shape index (κ2) is 8.34. The maximum atomic E-state index is 14.6. The molecule has 1 aromatic carbocycles. The molecule has 6 heteroatoms. The highest BCUT2D eigenvalue weighted by Gasteiger charge is 2.26. The summed E-state index contributed by atoms with van der Waals surface area (Å²) in [4.78, 5) is 17.8. The summed E-state index contributed by atoms with van der Waals surface area (Å²) >= 11 is 1.49. The Hall–Kier alpha value is -2.47. The first-order valence-electron chi connectivity index (χ1n) is 10.5. The van der Waals surface area contributed by atoms with E-state index in [1.807, 2.05) is 48.7 Å². The number of pyridine rings is 1. The monoisotopic (exact) mass is 425 g/mol. The van der Waals surface area contributed by atoms with Crippen LogP contribution in [0.3, 0.4) is 0 Å². The van der Waals surface area contributed by atoms with Gasteiger partial charge in [0.1, 0.15) is 5.67 Å². The van der Waals surface area contributed by atoms with E-state index >= 15 is 0 Å². The summed E-state index contributed by atoms with van der Waals surface area (Å²) in [5, 5.41) is 9.78. The lowest BCUT2D eigenvalue weighted by atomic mass is 9.90. The molecule has 30 heavy (non-hydrogen) atoms. The maximum Gasteiger partial charge on any atom is 0.261 e. The van der Waals surface area contributed by atoms with Gasteiger partial charge >= 0.3 is 0 Å². The number of nitrogens with zero attached hydrogens (tertiary/aromatic N) is 1. The fraction of sp³-hybridized carbons (Fsp3) is 0.417. The van der Waals surface area contributed by atoms with Crippen LogP contribution in [0.4, 0.5) is 10.1 Å². The van der Waals surface area contributed by atoms with Crippen LogP contribution in [0, 0.1) is 6.92 Å². The standard InChI is InChI=1S/C24H28FN3OS/c1-15-12-13-30-22(15)23(29)27-17-10-8-16(9-11-17)26-20-14-21(24(2,3)25)28-19-7-5-4-6-18(19)20/h4-7,12-14,16-17H,8-11H2,1-3H3,(H,26,28)(H,27,29). The van der Waals surface area contributed by atoms with Crippen molar-refractivity contribution in [1.82, 2.24) is 10.3 Å². The third-order valence-corrected chi connectivity index (χ3v) is 6.83. The van der Waals surface area contributed by atoms with E-state index in [2.05, 4.69) is 15.6 Å². The molecule has 1 aliphatic carbocycles. The lowest BCUT2D eigenvalue weighted by Crippen LogP contribution is -2.40. The Bertz CT molecular complexity index is 1050. The van der Waals surface area contributed by atoms with Gasteiger partial charge in [-0.05, 0) is 75.6 Å². The van der Waals surface area contributed by atoms with Crippen molar-refractivity contribution in [1.29, 1.82) is 0 Å². The number of benzene rings is 1. The topological polar surface area (TPSA) is 54.0 Å². The largest absolute Gasteiger partial charge is 0.382 e. The van der Waals surface area contributed by atoms with Gasteiger partial charge in [-0.25, -0.2) is 9.37 Å². The van der Waals surface area contributed by atoms with Crippen LogP contribution < -0.4 is 10.6 Å². The van der Waals surface area contributed by atoms with E-state index in [9.17, 15) is 9.18 Å². The molecule has 0 bridgehead atoms. The van der Waals surface area contributed by atoms with E-state index in [4.69, 9.17) is 0 Å². The van der Waals surface area contributed by atoms with E-state index in [1.54, 1.807) is 0 Å². The van der Waals surface area contributed by atoms with Crippen molar-refractivity contribution in [3.63, 3.8) is 0 Å². The summed E-state index contributed by atoms with van der Waals surface area (Å²) < 4.78 is 14.6. The molecule has 0 spiro atoms. The second-order valence-electron chi connectivity index (χ2n) is 8.64. The highest BCUT2D eigenvalue weighted by Crippen LogP contribution is 2.32. The normalized spacial score (nSPS) is 19.6. The van der Waals surface area contributed by atoms with Crippen LogP contribution >= 0.6 is 11.3 Å². The Morgan fingerprint density at radius 3 is 2.50 bits per heavy atom. The number of carbonyl (C=O) groups excluding carboxylic acids is 1. The zero-order valence-corrected chi connectivity index (χ0v) is 18.5. The molecule has 2 N–H and O–H groups in total. The number of alkyl halides is 1. The lowest BCUT2D eigenvalue weighted by Gasteiger charge is -2.31. The first-order valence-corrected chi connectivity index (χ1v) is 11.4. The number of hydrogen-bond donors (Lipinski definition) is 2. The van der Waals surface area contributed by atoms with E-state index in [0.29, 0.717) is 11.7 Å². The molecule has 0 aliphatic heterocycles. The molecule has 1 saturated carbocycles. The second-order valence-corrected chi connectivity index (χ2v) is 9.56. The number of carbonyl (C=O) groups is 1. The minimum Gasteiger partial charge on any atom is -0.382 e. The van der Waals surface area contributed by atoms with Crippen LogP contribution in [0.15, 0.2) is 41.8 Å². The lowest BCUT2D eigenvalue weighted by molar-refractivity contribution is 0.0930. The molecule has 0 unspecified atom stereocenters. The number of rotatable bonds is 5. The number of halogens is 1. The summed E-state index contributed by atoms with van der Waals surface area (Å²) in [6.45, 7) is 5.05. The van der Waals surface area contributed by atoms with Crippen LogP contribution in [0.25, 0.3) is 10.9 Å². The van der Waals surface area contributed by atoms with Crippen molar-refractivity contribution in [2.45, 2.75) is 64.2 Å². The fourth-order valence-electron chi connectivity index (χ4n) is 4.06. The first-order chi connectivity index (χ1) is 14.3.